The van der Waals surface area contributed by atoms with E-state index < -0.39 is 17.5 Å². The van der Waals surface area contributed by atoms with Crippen LogP contribution < -0.4 is 5.56 Å². The molecular formula is C18H14F2N2O2. The van der Waals surface area contributed by atoms with Gasteiger partial charge in [0.15, 0.2) is 0 Å². The van der Waals surface area contributed by atoms with E-state index in [-0.39, 0.29) is 17.9 Å². The van der Waals surface area contributed by atoms with Crippen LogP contribution in [0.5, 0.6) is 0 Å². The summed E-state index contributed by atoms with van der Waals surface area (Å²) in [7, 11) is 0. The molecule has 1 N–H and O–H groups in total. The summed E-state index contributed by atoms with van der Waals surface area (Å²) < 4.78 is 27.8. The summed E-state index contributed by atoms with van der Waals surface area (Å²) in [5.74, 6) is -0.921. The van der Waals surface area contributed by atoms with E-state index in [4.69, 9.17) is 0 Å². The van der Waals surface area contributed by atoms with Gasteiger partial charge in [0.05, 0.1) is 12.2 Å². The van der Waals surface area contributed by atoms with Crippen molar-refractivity contribution in [2.75, 3.05) is 0 Å². The highest BCUT2D eigenvalue weighted by Gasteiger charge is 2.14. The van der Waals surface area contributed by atoms with Gasteiger partial charge >= 0.3 is 0 Å². The molecule has 1 heterocycles. The minimum atomic E-state index is -1.21. The molecule has 0 bridgehead atoms. The van der Waals surface area contributed by atoms with Crippen molar-refractivity contribution >= 4 is 0 Å². The smallest absolute Gasteiger partial charge is 0.266 e. The van der Waals surface area contributed by atoms with Crippen LogP contribution in [0.25, 0.3) is 11.3 Å². The van der Waals surface area contributed by atoms with Gasteiger partial charge in [0.2, 0.25) is 0 Å². The molecule has 0 fully saturated rings. The van der Waals surface area contributed by atoms with Crippen LogP contribution >= 0.6 is 0 Å². The van der Waals surface area contributed by atoms with E-state index in [0.29, 0.717) is 11.3 Å². The first-order chi connectivity index (χ1) is 11.5. The van der Waals surface area contributed by atoms with E-state index in [9.17, 15) is 18.7 Å². The van der Waals surface area contributed by atoms with Crippen molar-refractivity contribution < 1.29 is 13.9 Å². The molecule has 122 valence electrons. The van der Waals surface area contributed by atoms with Crippen LogP contribution in [0.1, 0.15) is 11.7 Å². The first-order valence-electron chi connectivity index (χ1n) is 7.31. The summed E-state index contributed by atoms with van der Waals surface area (Å²) in [6, 6.07) is 14.3. The number of aromatic nitrogens is 2. The van der Waals surface area contributed by atoms with Crippen LogP contribution in [-0.4, -0.2) is 14.9 Å². The Morgan fingerprint density at radius 2 is 1.71 bits per heavy atom. The van der Waals surface area contributed by atoms with Crippen molar-refractivity contribution in [3.8, 4) is 11.3 Å². The van der Waals surface area contributed by atoms with Crippen LogP contribution in [0.15, 0.2) is 65.5 Å². The SMILES string of the molecule is O=c1ccc(-c2ccc(F)cc2)nn1CC(O)c1ccccc1F. The molecule has 6 heteroatoms. The lowest BCUT2D eigenvalue weighted by atomic mass is 10.1. The molecule has 0 radical (unpaired) electrons. The van der Waals surface area contributed by atoms with Crippen LogP contribution in [0.3, 0.4) is 0 Å². The lowest BCUT2D eigenvalue weighted by Crippen LogP contribution is -2.25. The van der Waals surface area contributed by atoms with Gasteiger partial charge in [0, 0.05) is 17.2 Å². The average molecular weight is 328 g/mol. The standard InChI is InChI=1S/C18H14F2N2O2/c19-13-7-5-12(6-8-13)16-9-10-18(24)22(21-16)11-17(23)14-3-1-2-4-15(14)20/h1-10,17,23H,11H2. The summed E-state index contributed by atoms with van der Waals surface area (Å²) in [5, 5.41) is 14.4. The molecule has 1 atom stereocenters. The van der Waals surface area contributed by atoms with Crippen LogP contribution in [0.4, 0.5) is 8.78 Å². The van der Waals surface area contributed by atoms with Gasteiger partial charge in [0.25, 0.3) is 5.56 Å². The Hall–Kier alpha value is -2.86. The largest absolute Gasteiger partial charge is 0.386 e. The number of hydrogen-bond donors (Lipinski definition) is 1. The summed E-state index contributed by atoms with van der Waals surface area (Å²) in [6.07, 6.45) is -1.21. The van der Waals surface area contributed by atoms with Gasteiger partial charge in [-0.15, -0.1) is 0 Å². The van der Waals surface area contributed by atoms with Gasteiger partial charge < -0.3 is 5.11 Å². The maximum Gasteiger partial charge on any atom is 0.266 e. The minimum Gasteiger partial charge on any atom is -0.386 e. The molecule has 0 spiro atoms. The van der Waals surface area contributed by atoms with Gasteiger partial charge in [-0.3, -0.25) is 4.79 Å². The van der Waals surface area contributed by atoms with Gasteiger partial charge in [-0.25, -0.2) is 13.5 Å². The van der Waals surface area contributed by atoms with E-state index in [0.717, 1.165) is 4.68 Å². The predicted octanol–water partition coefficient (Wildman–Crippen LogP) is 2.92. The highest BCUT2D eigenvalue weighted by atomic mass is 19.1. The third-order valence-electron chi connectivity index (χ3n) is 3.62. The van der Waals surface area contributed by atoms with E-state index in [1.165, 1.54) is 42.5 Å². The van der Waals surface area contributed by atoms with Crippen molar-refractivity contribution in [3.63, 3.8) is 0 Å². The normalized spacial score (nSPS) is 12.1. The predicted molar refractivity (Wildman–Crippen MR) is 85.3 cm³/mol. The molecule has 0 aliphatic carbocycles. The molecule has 0 amide bonds. The number of nitrogens with zero attached hydrogens (tertiary/aromatic N) is 2. The first kappa shape index (κ1) is 16.0. The van der Waals surface area contributed by atoms with Crippen molar-refractivity contribution in [1.82, 2.24) is 9.78 Å². The highest BCUT2D eigenvalue weighted by molar-refractivity contribution is 5.57. The van der Waals surface area contributed by atoms with Crippen molar-refractivity contribution in [2.45, 2.75) is 12.6 Å². The third-order valence-corrected chi connectivity index (χ3v) is 3.62. The average Bonchev–Trinajstić information content (AvgIpc) is 2.58. The molecule has 1 aromatic heterocycles. The van der Waals surface area contributed by atoms with Crippen LogP contribution in [-0.2, 0) is 6.54 Å². The number of benzene rings is 2. The van der Waals surface area contributed by atoms with Gasteiger partial charge in [-0.05, 0) is 36.4 Å². The Labute approximate surface area is 136 Å². The number of rotatable bonds is 4. The zero-order valence-electron chi connectivity index (χ0n) is 12.6. The van der Waals surface area contributed by atoms with Crippen molar-refractivity contribution in [3.05, 3.63) is 88.2 Å². The molecule has 4 nitrogen and oxygen atoms in total. The lowest BCUT2D eigenvalue weighted by Gasteiger charge is -2.13. The number of aliphatic hydroxyl groups excluding tert-OH is 1. The fraction of sp³-hybridized carbons (Fsp3) is 0.111. The second kappa shape index (κ2) is 6.72. The molecule has 0 saturated carbocycles. The van der Waals surface area contributed by atoms with E-state index in [1.807, 2.05) is 0 Å². The Morgan fingerprint density at radius 3 is 2.42 bits per heavy atom. The minimum absolute atomic E-state index is 0.0957. The summed E-state index contributed by atoms with van der Waals surface area (Å²) in [4.78, 5) is 11.9. The zero-order valence-corrected chi connectivity index (χ0v) is 12.6. The quantitative estimate of drug-likeness (QED) is 0.801. The van der Waals surface area contributed by atoms with Crippen molar-refractivity contribution in [1.29, 1.82) is 0 Å². The topological polar surface area (TPSA) is 55.1 Å². The number of aliphatic hydroxyl groups is 1. The summed E-state index contributed by atoms with van der Waals surface area (Å²) >= 11 is 0. The molecule has 0 aliphatic heterocycles. The fourth-order valence-corrected chi connectivity index (χ4v) is 2.36. The molecule has 0 aliphatic rings. The molecular weight excluding hydrogens is 314 g/mol. The fourth-order valence-electron chi connectivity index (χ4n) is 2.36. The van der Waals surface area contributed by atoms with E-state index in [2.05, 4.69) is 5.10 Å². The molecule has 2 aromatic carbocycles. The van der Waals surface area contributed by atoms with E-state index in [1.54, 1.807) is 18.2 Å². The molecule has 1 unspecified atom stereocenters. The Balaban J connectivity index is 1.91. The molecule has 24 heavy (non-hydrogen) atoms. The monoisotopic (exact) mass is 328 g/mol. The molecule has 0 saturated heterocycles. The first-order valence-corrected chi connectivity index (χ1v) is 7.31. The highest BCUT2D eigenvalue weighted by Crippen LogP contribution is 2.19. The second-order valence-corrected chi connectivity index (χ2v) is 5.28. The lowest BCUT2D eigenvalue weighted by molar-refractivity contribution is 0.145. The molecule has 3 rings (SSSR count). The summed E-state index contributed by atoms with van der Waals surface area (Å²) in [5.41, 5.74) is 0.760. The number of halogens is 2. The Morgan fingerprint density at radius 1 is 1.00 bits per heavy atom. The van der Waals surface area contributed by atoms with Gasteiger partial charge in [-0.2, -0.15) is 5.10 Å². The summed E-state index contributed by atoms with van der Waals surface area (Å²) in [6.45, 7) is -0.186. The maximum atomic E-state index is 13.7. The van der Waals surface area contributed by atoms with Crippen LogP contribution in [0.2, 0.25) is 0 Å². The van der Waals surface area contributed by atoms with Gasteiger partial charge in [-0.1, -0.05) is 18.2 Å². The third kappa shape index (κ3) is 3.38. The van der Waals surface area contributed by atoms with Crippen molar-refractivity contribution in [2.24, 2.45) is 0 Å². The van der Waals surface area contributed by atoms with E-state index >= 15 is 0 Å². The van der Waals surface area contributed by atoms with Crippen LogP contribution in [0, 0.1) is 11.6 Å². The maximum absolute atomic E-state index is 13.7. The molecule has 3 aromatic rings. The van der Waals surface area contributed by atoms with Gasteiger partial charge in [0.1, 0.15) is 17.7 Å². The second-order valence-electron chi connectivity index (χ2n) is 5.28. The number of hydrogen-bond acceptors (Lipinski definition) is 3. The Bertz CT molecular complexity index is 907. The Kier molecular flexibility index (Phi) is 4.48. The zero-order chi connectivity index (χ0) is 17.1.